The van der Waals surface area contributed by atoms with Crippen molar-refractivity contribution in [2.75, 3.05) is 13.2 Å². The van der Waals surface area contributed by atoms with Gasteiger partial charge in [-0.25, -0.2) is 0 Å². The van der Waals surface area contributed by atoms with Crippen LogP contribution in [-0.4, -0.2) is 30.7 Å². The van der Waals surface area contributed by atoms with E-state index in [4.69, 9.17) is 10.5 Å². The second-order valence-electron chi connectivity index (χ2n) is 6.48. The lowest BCUT2D eigenvalue weighted by atomic mass is 9.93. The monoisotopic (exact) mass is 242 g/mol. The highest BCUT2D eigenvalue weighted by atomic mass is 16.5. The summed E-state index contributed by atoms with van der Waals surface area (Å²) in [5.41, 5.74) is 4.97. The number of hydrogen-bond acceptors (Lipinski definition) is 3. The minimum absolute atomic E-state index is 0.257. The van der Waals surface area contributed by atoms with Crippen molar-refractivity contribution in [3.8, 4) is 0 Å². The van der Waals surface area contributed by atoms with E-state index in [1.54, 1.807) is 0 Å². The van der Waals surface area contributed by atoms with Crippen molar-refractivity contribution in [2.24, 2.45) is 11.1 Å². The maximum absolute atomic E-state index is 11.5. The zero-order valence-electron chi connectivity index (χ0n) is 11.5. The zero-order chi connectivity index (χ0) is 13.1. The summed E-state index contributed by atoms with van der Waals surface area (Å²) in [5, 5.41) is 3.26. The fourth-order valence-corrected chi connectivity index (χ4v) is 1.52. The molecule has 1 aliphatic carbocycles. The summed E-state index contributed by atoms with van der Waals surface area (Å²) in [6.07, 6.45) is 3.24. The smallest absolute Gasteiger partial charge is 0.239 e. The molecule has 0 aliphatic heterocycles. The highest BCUT2D eigenvalue weighted by Crippen LogP contribution is 2.23. The predicted octanol–water partition coefficient (Wildman–Crippen LogP) is 1.44. The van der Waals surface area contributed by atoms with Crippen molar-refractivity contribution in [3.05, 3.63) is 0 Å². The summed E-state index contributed by atoms with van der Waals surface area (Å²) >= 11 is 0. The Morgan fingerprint density at radius 2 is 1.94 bits per heavy atom. The fourth-order valence-electron chi connectivity index (χ4n) is 1.52. The molecule has 0 spiro atoms. The van der Waals surface area contributed by atoms with E-state index in [-0.39, 0.29) is 11.3 Å². The summed E-state index contributed by atoms with van der Waals surface area (Å²) in [5.74, 6) is -0.333. The van der Waals surface area contributed by atoms with Gasteiger partial charge in [0.1, 0.15) is 5.54 Å². The van der Waals surface area contributed by atoms with Gasteiger partial charge in [-0.2, -0.15) is 0 Å². The maximum atomic E-state index is 11.5. The third-order valence-electron chi connectivity index (χ3n) is 3.03. The van der Waals surface area contributed by atoms with Crippen LogP contribution < -0.4 is 11.1 Å². The molecule has 0 aromatic heterocycles. The molecule has 0 heterocycles. The predicted molar refractivity (Wildman–Crippen MR) is 68.6 cm³/mol. The van der Waals surface area contributed by atoms with Crippen molar-refractivity contribution >= 4 is 5.91 Å². The van der Waals surface area contributed by atoms with Crippen molar-refractivity contribution in [3.63, 3.8) is 0 Å². The van der Waals surface area contributed by atoms with Crippen molar-refractivity contribution in [1.29, 1.82) is 0 Å². The standard InChI is InChI=1S/C13H26N2O2/c1-12(2,3)7-8-17-9-13(4,11(14)16)15-10-5-6-10/h10,15H,5-9H2,1-4H3,(H2,14,16). The topological polar surface area (TPSA) is 64.3 Å². The van der Waals surface area contributed by atoms with Gasteiger partial charge in [-0.1, -0.05) is 20.8 Å². The molecule has 1 rings (SSSR count). The average Bonchev–Trinajstić information content (AvgIpc) is 2.94. The molecule has 1 unspecified atom stereocenters. The summed E-state index contributed by atoms with van der Waals surface area (Å²) in [4.78, 5) is 11.5. The van der Waals surface area contributed by atoms with Crippen LogP contribution in [0.25, 0.3) is 0 Å². The summed E-state index contributed by atoms with van der Waals surface area (Å²) in [6.45, 7) is 9.36. The molecule has 0 aromatic carbocycles. The molecule has 1 saturated carbocycles. The second kappa shape index (κ2) is 5.36. The number of amides is 1. The number of carbonyl (C=O) groups excluding carboxylic acids is 1. The first-order chi connectivity index (χ1) is 7.73. The SMILES string of the molecule is CC(C)(C)CCOCC(C)(NC1CC1)C(N)=O. The van der Waals surface area contributed by atoms with Gasteiger partial charge in [0.25, 0.3) is 0 Å². The van der Waals surface area contributed by atoms with Crippen molar-refractivity contribution in [2.45, 2.75) is 58.5 Å². The Kier molecular flexibility index (Phi) is 4.55. The van der Waals surface area contributed by atoms with E-state index in [1.807, 2.05) is 6.92 Å². The molecule has 0 saturated heterocycles. The second-order valence-corrected chi connectivity index (χ2v) is 6.48. The molecular formula is C13H26N2O2. The normalized spacial score (nSPS) is 20.0. The number of ether oxygens (including phenoxy) is 1. The zero-order valence-corrected chi connectivity index (χ0v) is 11.5. The van der Waals surface area contributed by atoms with Crippen LogP contribution in [0.2, 0.25) is 0 Å². The summed E-state index contributed by atoms with van der Waals surface area (Å²) < 4.78 is 5.60. The molecule has 0 radical (unpaired) electrons. The van der Waals surface area contributed by atoms with Crippen LogP contribution in [-0.2, 0) is 9.53 Å². The molecule has 100 valence electrons. The highest BCUT2D eigenvalue weighted by molar-refractivity contribution is 5.84. The molecule has 17 heavy (non-hydrogen) atoms. The van der Waals surface area contributed by atoms with Gasteiger partial charge in [0.05, 0.1) is 6.61 Å². The molecule has 1 fully saturated rings. The van der Waals surface area contributed by atoms with E-state index in [0.29, 0.717) is 19.3 Å². The number of nitrogens with two attached hydrogens (primary N) is 1. The molecule has 1 atom stereocenters. The first-order valence-corrected chi connectivity index (χ1v) is 6.38. The van der Waals surface area contributed by atoms with Gasteiger partial charge in [-0.15, -0.1) is 0 Å². The van der Waals surface area contributed by atoms with E-state index in [9.17, 15) is 4.79 Å². The van der Waals surface area contributed by atoms with E-state index in [0.717, 1.165) is 19.3 Å². The average molecular weight is 242 g/mol. The number of nitrogens with one attached hydrogen (secondary N) is 1. The van der Waals surface area contributed by atoms with Crippen LogP contribution in [0.5, 0.6) is 0 Å². The number of primary amides is 1. The van der Waals surface area contributed by atoms with Crippen LogP contribution in [0.15, 0.2) is 0 Å². The van der Waals surface area contributed by atoms with E-state index in [2.05, 4.69) is 26.1 Å². The Bertz CT molecular complexity index is 269. The number of carbonyl (C=O) groups is 1. The Morgan fingerprint density at radius 3 is 2.35 bits per heavy atom. The molecule has 4 heteroatoms. The Hall–Kier alpha value is -0.610. The lowest BCUT2D eigenvalue weighted by molar-refractivity contribution is -0.126. The van der Waals surface area contributed by atoms with Crippen LogP contribution in [0, 0.1) is 5.41 Å². The fraction of sp³-hybridized carbons (Fsp3) is 0.923. The lowest BCUT2D eigenvalue weighted by Crippen LogP contribution is -2.57. The third kappa shape index (κ3) is 5.50. The first kappa shape index (κ1) is 14.5. The molecule has 0 aromatic rings. The van der Waals surface area contributed by atoms with Gasteiger partial charge in [0.2, 0.25) is 5.91 Å². The van der Waals surface area contributed by atoms with Gasteiger partial charge < -0.3 is 10.5 Å². The minimum atomic E-state index is -0.723. The Morgan fingerprint density at radius 1 is 1.35 bits per heavy atom. The number of rotatable bonds is 7. The van der Waals surface area contributed by atoms with E-state index in [1.165, 1.54) is 0 Å². The summed E-state index contributed by atoms with van der Waals surface area (Å²) in [7, 11) is 0. The van der Waals surface area contributed by atoms with E-state index < -0.39 is 5.54 Å². The molecular weight excluding hydrogens is 216 g/mol. The summed E-state index contributed by atoms with van der Waals surface area (Å²) in [6, 6.07) is 0.443. The van der Waals surface area contributed by atoms with Crippen LogP contribution in [0.4, 0.5) is 0 Å². The van der Waals surface area contributed by atoms with Crippen molar-refractivity contribution < 1.29 is 9.53 Å². The molecule has 1 amide bonds. The van der Waals surface area contributed by atoms with Gasteiger partial charge in [-0.3, -0.25) is 10.1 Å². The van der Waals surface area contributed by atoms with Crippen molar-refractivity contribution in [1.82, 2.24) is 5.32 Å². The minimum Gasteiger partial charge on any atom is -0.379 e. The highest BCUT2D eigenvalue weighted by Gasteiger charge is 2.37. The Balaban J connectivity index is 2.31. The maximum Gasteiger partial charge on any atom is 0.239 e. The Labute approximate surface area is 104 Å². The van der Waals surface area contributed by atoms with Gasteiger partial charge in [0.15, 0.2) is 0 Å². The molecule has 4 nitrogen and oxygen atoms in total. The van der Waals surface area contributed by atoms with Crippen LogP contribution in [0.3, 0.4) is 0 Å². The van der Waals surface area contributed by atoms with Crippen LogP contribution in [0.1, 0.15) is 47.0 Å². The van der Waals surface area contributed by atoms with Gasteiger partial charge >= 0.3 is 0 Å². The van der Waals surface area contributed by atoms with E-state index >= 15 is 0 Å². The molecule has 3 N–H and O–H groups in total. The molecule has 1 aliphatic rings. The molecule has 0 bridgehead atoms. The van der Waals surface area contributed by atoms with Crippen LogP contribution >= 0.6 is 0 Å². The number of hydrogen-bond donors (Lipinski definition) is 2. The third-order valence-corrected chi connectivity index (χ3v) is 3.03. The van der Waals surface area contributed by atoms with Gasteiger partial charge in [-0.05, 0) is 31.6 Å². The first-order valence-electron chi connectivity index (χ1n) is 6.38. The largest absolute Gasteiger partial charge is 0.379 e. The quantitative estimate of drug-likeness (QED) is 0.664. The lowest BCUT2D eigenvalue weighted by Gasteiger charge is -2.28. The van der Waals surface area contributed by atoms with Gasteiger partial charge in [0, 0.05) is 12.6 Å².